The summed E-state index contributed by atoms with van der Waals surface area (Å²) in [5.74, 6) is 1.44. The van der Waals surface area contributed by atoms with Crippen molar-refractivity contribution in [3.05, 3.63) is 82.9 Å². The fourth-order valence-corrected chi connectivity index (χ4v) is 6.20. The summed E-state index contributed by atoms with van der Waals surface area (Å²) >= 11 is 6.07. The van der Waals surface area contributed by atoms with Crippen LogP contribution in [-0.2, 0) is 10.3 Å². The standard InChI is InChI=1S/C32H36N4O2S/c1-7-34(8-2)23-15-17-27-29(19-23)38-30-20-24(35(9-3)10-4)16-18-28(30)32(27)26-14-12-11-13-25(26)31(39)36(32)33-21(5)22(6)37/h11-20H,7-10H2,1-6H3/b33-21+. The Kier molecular flexibility index (Phi) is 7.21. The lowest BCUT2D eigenvalue weighted by Crippen LogP contribution is -2.45. The van der Waals surface area contributed by atoms with Crippen LogP contribution in [0.15, 0.2) is 65.8 Å². The topological polar surface area (TPSA) is 48.4 Å². The number of carbonyl (C=O) groups is 1. The molecule has 7 heteroatoms. The first-order valence-corrected chi connectivity index (χ1v) is 14.2. The predicted molar refractivity (Wildman–Crippen MR) is 164 cm³/mol. The van der Waals surface area contributed by atoms with Crippen LogP contribution in [0.3, 0.4) is 0 Å². The van der Waals surface area contributed by atoms with Gasteiger partial charge in [0.15, 0.2) is 5.78 Å². The number of ether oxygens (including phenoxy) is 1. The third-order valence-electron chi connectivity index (χ3n) is 8.00. The Hall–Kier alpha value is -3.71. The van der Waals surface area contributed by atoms with E-state index in [-0.39, 0.29) is 5.78 Å². The normalized spacial score (nSPS) is 15.0. The molecule has 6 nitrogen and oxygen atoms in total. The van der Waals surface area contributed by atoms with Gasteiger partial charge in [0.1, 0.15) is 27.7 Å². The van der Waals surface area contributed by atoms with E-state index in [0.29, 0.717) is 10.7 Å². The zero-order valence-electron chi connectivity index (χ0n) is 23.6. The van der Waals surface area contributed by atoms with Gasteiger partial charge in [-0.15, -0.1) is 0 Å². The summed E-state index contributed by atoms with van der Waals surface area (Å²) in [7, 11) is 0. The number of hydrogen-bond donors (Lipinski definition) is 0. The van der Waals surface area contributed by atoms with E-state index in [4.69, 9.17) is 22.1 Å². The first kappa shape index (κ1) is 26.9. The molecule has 0 aliphatic carbocycles. The number of hydrazone groups is 1. The van der Waals surface area contributed by atoms with E-state index in [9.17, 15) is 4.79 Å². The molecular formula is C32H36N4O2S. The molecule has 0 amide bonds. The van der Waals surface area contributed by atoms with Gasteiger partial charge in [-0.1, -0.05) is 48.6 Å². The van der Waals surface area contributed by atoms with E-state index in [2.05, 4.69) is 80.0 Å². The second-order valence-electron chi connectivity index (χ2n) is 9.92. The largest absolute Gasteiger partial charge is 0.456 e. The molecule has 0 radical (unpaired) electrons. The van der Waals surface area contributed by atoms with E-state index < -0.39 is 5.54 Å². The summed E-state index contributed by atoms with van der Waals surface area (Å²) in [6, 6.07) is 21.0. The van der Waals surface area contributed by atoms with Crippen LogP contribution in [-0.4, -0.2) is 47.7 Å². The van der Waals surface area contributed by atoms with Crippen LogP contribution in [0.25, 0.3) is 0 Å². The van der Waals surface area contributed by atoms with Crippen molar-refractivity contribution in [2.45, 2.75) is 47.1 Å². The van der Waals surface area contributed by atoms with E-state index in [1.807, 2.05) is 23.2 Å². The van der Waals surface area contributed by atoms with Gasteiger partial charge in [0.2, 0.25) is 0 Å². The monoisotopic (exact) mass is 540 g/mol. The fourth-order valence-electron chi connectivity index (χ4n) is 5.85. The number of nitrogens with zero attached hydrogens (tertiary/aromatic N) is 4. The number of thiocarbonyl (C=S) groups is 1. The number of ketones is 1. The summed E-state index contributed by atoms with van der Waals surface area (Å²) in [5, 5.41) is 6.78. The SMILES string of the molecule is CCN(CC)c1ccc2c(c1)Oc1cc(N(CC)CC)ccc1C21c2ccccc2C(=S)N1/N=C(\C)C(C)=O. The van der Waals surface area contributed by atoms with Crippen molar-refractivity contribution < 1.29 is 9.53 Å². The van der Waals surface area contributed by atoms with Gasteiger partial charge >= 0.3 is 0 Å². The lowest BCUT2D eigenvalue weighted by molar-refractivity contribution is -0.111. The van der Waals surface area contributed by atoms with Gasteiger partial charge in [-0.05, 0) is 52.3 Å². The number of benzene rings is 3. The van der Waals surface area contributed by atoms with Crippen molar-refractivity contribution >= 4 is 40.1 Å². The smallest absolute Gasteiger partial charge is 0.175 e. The number of carbonyl (C=O) groups excluding carboxylic acids is 1. The summed E-state index contributed by atoms with van der Waals surface area (Å²) in [4.78, 5) is 17.6. The average Bonchev–Trinajstić information content (AvgIpc) is 3.18. The molecule has 3 aromatic carbocycles. The Morgan fingerprint density at radius 2 is 1.33 bits per heavy atom. The summed E-state index contributed by atoms with van der Waals surface area (Å²) in [6.45, 7) is 15.5. The van der Waals surface area contributed by atoms with Crippen LogP contribution in [0.4, 0.5) is 11.4 Å². The quantitative estimate of drug-likeness (QED) is 0.233. The van der Waals surface area contributed by atoms with Crippen LogP contribution in [0.2, 0.25) is 0 Å². The first-order chi connectivity index (χ1) is 18.8. The minimum atomic E-state index is -0.878. The highest BCUT2D eigenvalue weighted by Crippen LogP contribution is 2.58. The molecular weight excluding hydrogens is 504 g/mol. The van der Waals surface area contributed by atoms with Gasteiger partial charge in [0, 0.05) is 73.3 Å². The number of fused-ring (bicyclic) bond motifs is 6. The third-order valence-corrected chi connectivity index (χ3v) is 8.40. The van der Waals surface area contributed by atoms with Crippen molar-refractivity contribution in [1.82, 2.24) is 5.01 Å². The molecule has 3 aromatic rings. The van der Waals surface area contributed by atoms with E-state index in [1.165, 1.54) is 6.92 Å². The van der Waals surface area contributed by atoms with Crippen molar-refractivity contribution in [3.63, 3.8) is 0 Å². The maximum absolute atomic E-state index is 12.4. The van der Waals surface area contributed by atoms with Gasteiger partial charge < -0.3 is 14.5 Å². The highest BCUT2D eigenvalue weighted by Gasteiger charge is 2.55. The van der Waals surface area contributed by atoms with E-state index >= 15 is 0 Å². The second-order valence-corrected chi connectivity index (χ2v) is 10.3. The Balaban J connectivity index is 1.87. The van der Waals surface area contributed by atoms with Crippen molar-refractivity contribution in [1.29, 1.82) is 0 Å². The van der Waals surface area contributed by atoms with Crippen molar-refractivity contribution in [3.8, 4) is 11.5 Å². The number of anilines is 2. The molecule has 2 aliphatic rings. The highest BCUT2D eigenvalue weighted by atomic mass is 32.1. The number of hydrogen-bond acceptors (Lipinski definition) is 6. The molecule has 2 aliphatic heterocycles. The fraction of sp³-hybridized carbons (Fsp3) is 0.344. The molecule has 1 spiro atoms. The maximum Gasteiger partial charge on any atom is 0.175 e. The lowest BCUT2D eigenvalue weighted by atomic mass is 9.75. The van der Waals surface area contributed by atoms with E-state index in [0.717, 1.165) is 71.3 Å². The summed E-state index contributed by atoms with van der Waals surface area (Å²) < 4.78 is 6.74. The zero-order chi connectivity index (χ0) is 27.9. The summed E-state index contributed by atoms with van der Waals surface area (Å²) in [6.07, 6.45) is 0. The van der Waals surface area contributed by atoms with Crippen LogP contribution in [0.1, 0.15) is 63.8 Å². The molecule has 0 unspecified atom stereocenters. The molecule has 0 bridgehead atoms. The average molecular weight is 541 g/mol. The molecule has 5 rings (SSSR count). The first-order valence-electron chi connectivity index (χ1n) is 13.8. The van der Waals surface area contributed by atoms with Crippen LogP contribution >= 0.6 is 12.2 Å². The maximum atomic E-state index is 12.4. The molecule has 2 heterocycles. The molecule has 0 saturated carbocycles. The zero-order valence-corrected chi connectivity index (χ0v) is 24.4. The molecule has 0 atom stereocenters. The number of rotatable bonds is 8. The summed E-state index contributed by atoms with van der Waals surface area (Å²) in [5.41, 5.74) is 5.60. The van der Waals surface area contributed by atoms with Crippen molar-refractivity contribution in [2.24, 2.45) is 5.10 Å². The molecule has 202 valence electrons. The van der Waals surface area contributed by atoms with Gasteiger partial charge in [0.25, 0.3) is 0 Å². The predicted octanol–water partition coefficient (Wildman–Crippen LogP) is 6.73. The molecule has 0 N–H and O–H groups in total. The van der Waals surface area contributed by atoms with Crippen LogP contribution in [0.5, 0.6) is 11.5 Å². The Morgan fingerprint density at radius 3 is 1.82 bits per heavy atom. The van der Waals surface area contributed by atoms with Gasteiger partial charge in [0.05, 0.1) is 0 Å². The second kappa shape index (κ2) is 10.5. The Bertz CT molecular complexity index is 1410. The molecule has 39 heavy (non-hydrogen) atoms. The van der Waals surface area contributed by atoms with Gasteiger partial charge in [-0.25, -0.2) is 5.01 Å². The van der Waals surface area contributed by atoms with Crippen molar-refractivity contribution in [2.75, 3.05) is 36.0 Å². The lowest BCUT2D eigenvalue weighted by Gasteiger charge is -2.43. The number of Topliss-reactive ketones (excluding diaryl/α,β-unsaturated/α-hetero) is 1. The van der Waals surface area contributed by atoms with Gasteiger partial charge in [-0.3, -0.25) is 4.79 Å². The molecule has 0 fully saturated rings. The molecule has 0 aromatic heterocycles. The minimum Gasteiger partial charge on any atom is -0.456 e. The van der Waals surface area contributed by atoms with Crippen LogP contribution < -0.4 is 14.5 Å². The third kappa shape index (κ3) is 4.11. The van der Waals surface area contributed by atoms with Gasteiger partial charge in [-0.2, -0.15) is 5.10 Å². The van der Waals surface area contributed by atoms with E-state index in [1.54, 1.807) is 6.92 Å². The molecule has 0 saturated heterocycles. The Labute approximate surface area is 236 Å². The highest BCUT2D eigenvalue weighted by molar-refractivity contribution is 7.80. The minimum absolute atomic E-state index is 0.0924. The van der Waals surface area contributed by atoms with Crippen LogP contribution in [0, 0.1) is 0 Å². The Morgan fingerprint density at radius 1 is 0.821 bits per heavy atom.